The third-order valence-electron chi connectivity index (χ3n) is 3.89. The van der Waals surface area contributed by atoms with Crippen molar-refractivity contribution in [2.75, 3.05) is 13.1 Å². The van der Waals surface area contributed by atoms with Gasteiger partial charge in [0, 0.05) is 23.5 Å². The number of hydrogen-bond acceptors (Lipinski definition) is 3. The Hall–Kier alpha value is -0.380. The molecule has 0 atom stereocenters. The average Bonchev–Trinajstić information content (AvgIpc) is 2.85. The van der Waals surface area contributed by atoms with Gasteiger partial charge < -0.3 is 10.6 Å². The van der Waals surface area contributed by atoms with Crippen molar-refractivity contribution in [1.29, 1.82) is 0 Å². The highest BCUT2D eigenvalue weighted by Crippen LogP contribution is 2.22. The zero-order valence-corrected chi connectivity index (χ0v) is 11.6. The number of nitrogens with two attached hydrogens (primary N) is 1. The molecule has 96 valence electrons. The number of hydrogen-bond donors (Lipinski definition) is 1. The van der Waals surface area contributed by atoms with Crippen LogP contribution in [0, 0.1) is 0 Å². The molecule has 2 N–H and O–H groups in total. The van der Waals surface area contributed by atoms with Gasteiger partial charge in [-0.2, -0.15) is 0 Å². The van der Waals surface area contributed by atoms with Gasteiger partial charge >= 0.3 is 0 Å². The highest BCUT2D eigenvalue weighted by molar-refractivity contribution is 7.09. The second kappa shape index (κ2) is 6.53. The van der Waals surface area contributed by atoms with E-state index in [1.54, 1.807) is 0 Å². The summed E-state index contributed by atoms with van der Waals surface area (Å²) in [5.41, 5.74) is 5.97. The molecule has 0 aromatic carbocycles. The molecule has 17 heavy (non-hydrogen) atoms. The normalized spacial score (nSPS) is 25.4. The number of likely N-dealkylation sites (N-methyl/N-ethyl adjacent to an activating group) is 1. The van der Waals surface area contributed by atoms with Gasteiger partial charge in [-0.05, 0) is 50.1 Å². The number of nitrogens with zero attached hydrogens (tertiary/aromatic N) is 1. The van der Waals surface area contributed by atoms with E-state index < -0.39 is 0 Å². The van der Waals surface area contributed by atoms with E-state index >= 15 is 0 Å². The van der Waals surface area contributed by atoms with E-state index in [4.69, 9.17) is 5.73 Å². The smallest absolute Gasteiger partial charge is 0.00964 e. The summed E-state index contributed by atoms with van der Waals surface area (Å²) in [6, 6.07) is 5.63. The fourth-order valence-electron chi connectivity index (χ4n) is 2.77. The van der Waals surface area contributed by atoms with E-state index in [0.717, 1.165) is 6.04 Å². The van der Waals surface area contributed by atoms with Crippen molar-refractivity contribution in [3.05, 3.63) is 22.4 Å². The van der Waals surface area contributed by atoms with Gasteiger partial charge in [-0.3, -0.25) is 0 Å². The van der Waals surface area contributed by atoms with Crippen LogP contribution in [-0.4, -0.2) is 30.1 Å². The lowest BCUT2D eigenvalue weighted by atomic mass is 9.90. The second-order valence-corrected chi connectivity index (χ2v) is 6.06. The average molecular weight is 252 g/mol. The fraction of sp³-hybridized carbons (Fsp3) is 0.714. The van der Waals surface area contributed by atoms with E-state index in [2.05, 4.69) is 29.3 Å². The van der Waals surface area contributed by atoms with Crippen LogP contribution < -0.4 is 5.73 Å². The maximum Gasteiger partial charge on any atom is 0.00964 e. The van der Waals surface area contributed by atoms with Crippen LogP contribution in [0.3, 0.4) is 0 Å². The van der Waals surface area contributed by atoms with Crippen LogP contribution in [-0.2, 0) is 6.42 Å². The van der Waals surface area contributed by atoms with Gasteiger partial charge in [0.2, 0.25) is 0 Å². The zero-order valence-electron chi connectivity index (χ0n) is 10.8. The van der Waals surface area contributed by atoms with Crippen LogP contribution >= 0.6 is 11.3 Å². The molecular formula is C14H24N2S. The van der Waals surface area contributed by atoms with Crippen molar-refractivity contribution in [3.8, 4) is 0 Å². The van der Waals surface area contributed by atoms with Crippen LogP contribution in [0.5, 0.6) is 0 Å². The Kier molecular flexibility index (Phi) is 5.01. The molecule has 0 radical (unpaired) electrons. The molecule has 0 saturated heterocycles. The highest BCUT2D eigenvalue weighted by atomic mass is 32.1. The van der Waals surface area contributed by atoms with E-state index in [0.29, 0.717) is 6.04 Å². The second-order valence-electron chi connectivity index (χ2n) is 5.03. The van der Waals surface area contributed by atoms with Gasteiger partial charge in [-0.15, -0.1) is 11.3 Å². The van der Waals surface area contributed by atoms with E-state index in [1.165, 1.54) is 50.1 Å². The summed E-state index contributed by atoms with van der Waals surface area (Å²) in [5.74, 6) is 0. The SMILES string of the molecule is CCN(CCc1cccs1)C1CCC(N)CC1. The minimum absolute atomic E-state index is 0.460. The van der Waals surface area contributed by atoms with Gasteiger partial charge in [0.15, 0.2) is 0 Å². The van der Waals surface area contributed by atoms with Crippen molar-refractivity contribution in [1.82, 2.24) is 4.90 Å². The molecule has 1 aliphatic carbocycles. The molecule has 2 rings (SSSR count). The third kappa shape index (κ3) is 3.80. The molecule has 1 heterocycles. The molecule has 1 aromatic rings. The maximum absolute atomic E-state index is 5.97. The predicted molar refractivity (Wildman–Crippen MR) is 75.5 cm³/mol. The van der Waals surface area contributed by atoms with E-state index in [1.807, 2.05) is 11.3 Å². The molecule has 0 amide bonds. The van der Waals surface area contributed by atoms with Crippen molar-refractivity contribution >= 4 is 11.3 Å². The fourth-order valence-corrected chi connectivity index (χ4v) is 3.47. The van der Waals surface area contributed by atoms with Crippen molar-refractivity contribution in [2.24, 2.45) is 5.73 Å². The van der Waals surface area contributed by atoms with Gasteiger partial charge in [0.1, 0.15) is 0 Å². The Bertz CT molecular complexity index is 302. The lowest BCUT2D eigenvalue weighted by molar-refractivity contribution is 0.159. The largest absolute Gasteiger partial charge is 0.328 e. The molecule has 3 heteroatoms. The zero-order chi connectivity index (χ0) is 12.1. The Morgan fingerprint density at radius 1 is 1.35 bits per heavy atom. The van der Waals surface area contributed by atoms with Crippen LogP contribution in [0.2, 0.25) is 0 Å². The quantitative estimate of drug-likeness (QED) is 0.873. The molecule has 0 spiro atoms. The van der Waals surface area contributed by atoms with Crippen LogP contribution in [0.1, 0.15) is 37.5 Å². The molecule has 1 aromatic heterocycles. The predicted octanol–water partition coefficient (Wildman–Crippen LogP) is 2.88. The standard InChI is InChI=1S/C14H24N2S/c1-2-16(10-9-14-4-3-11-17-14)13-7-5-12(15)6-8-13/h3-4,11-13H,2,5-10,15H2,1H3. The molecule has 1 saturated carbocycles. The summed E-state index contributed by atoms with van der Waals surface area (Å²) in [7, 11) is 0. The molecule has 0 bridgehead atoms. The topological polar surface area (TPSA) is 29.3 Å². The van der Waals surface area contributed by atoms with Crippen LogP contribution in [0.15, 0.2) is 17.5 Å². The highest BCUT2D eigenvalue weighted by Gasteiger charge is 2.22. The summed E-state index contributed by atoms with van der Waals surface area (Å²) >= 11 is 1.88. The summed E-state index contributed by atoms with van der Waals surface area (Å²) < 4.78 is 0. The monoisotopic (exact) mass is 252 g/mol. The van der Waals surface area contributed by atoms with Crippen molar-refractivity contribution < 1.29 is 0 Å². The lowest BCUT2D eigenvalue weighted by Gasteiger charge is -2.35. The molecular weight excluding hydrogens is 228 g/mol. The van der Waals surface area contributed by atoms with E-state index in [9.17, 15) is 0 Å². The summed E-state index contributed by atoms with van der Waals surface area (Å²) in [6.45, 7) is 4.66. The minimum Gasteiger partial charge on any atom is -0.328 e. The first-order valence-electron chi connectivity index (χ1n) is 6.81. The van der Waals surface area contributed by atoms with Crippen LogP contribution in [0.4, 0.5) is 0 Å². The maximum atomic E-state index is 5.97. The van der Waals surface area contributed by atoms with Gasteiger partial charge in [0.05, 0.1) is 0 Å². The summed E-state index contributed by atoms with van der Waals surface area (Å²) in [5, 5.41) is 2.17. The Labute approximate surface area is 109 Å². The Morgan fingerprint density at radius 2 is 2.12 bits per heavy atom. The van der Waals surface area contributed by atoms with Crippen molar-refractivity contribution in [2.45, 2.75) is 51.1 Å². The number of thiophene rings is 1. The molecule has 1 fully saturated rings. The lowest BCUT2D eigenvalue weighted by Crippen LogP contribution is -2.41. The van der Waals surface area contributed by atoms with E-state index in [-0.39, 0.29) is 0 Å². The molecule has 2 nitrogen and oxygen atoms in total. The number of rotatable bonds is 5. The van der Waals surface area contributed by atoms with Crippen molar-refractivity contribution in [3.63, 3.8) is 0 Å². The van der Waals surface area contributed by atoms with Gasteiger partial charge in [0.25, 0.3) is 0 Å². The molecule has 0 unspecified atom stereocenters. The Morgan fingerprint density at radius 3 is 2.71 bits per heavy atom. The molecule has 1 aliphatic rings. The first kappa shape index (κ1) is 13.1. The Balaban J connectivity index is 1.80. The van der Waals surface area contributed by atoms with Crippen LogP contribution in [0.25, 0.3) is 0 Å². The first-order valence-corrected chi connectivity index (χ1v) is 7.69. The third-order valence-corrected chi connectivity index (χ3v) is 4.83. The summed E-state index contributed by atoms with van der Waals surface area (Å²) in [4.78, 5) is 4.15. The molecule has 0 aliphatic heterocycles. The minimum atomic E-state index is 0.460. The summed E-state index contributed by atoms with van der Waals surface area (Å²) in [6.07, 6.45) is 6.20. The van der Waals surface area contributed by atoms with Gasteiger partial charge in [-0.1, -0.05) is 13.0 Å². The van der Waals surface area contributed by atoms with Gasteiger partial charge in [-0.25, -0.2) is 0 Å². The first-order chi connectivity index (χ1) is 8.29.